The molecule has 94 valence electrons. The Morgan fingerprint density at radius 3 is 2.19 bits per heavy atom. The Labute approximate surface area is 93.9 Å². The van der Waals surface area contributed by atoms with Gasteiger partial charge in [-0.15, -0.1) is 0 Å². The summed E-state index contributed by atoms with van der Waals surface area (Å²) < 4.78 is 31.4. The molecule has 1 aliphatic rings. The van der Waals surface area contributed by atoms with Crippen molar-refractivity contribution < 1.29 is 18.3 Å². The molecule has 1 N–H and O–H groups in total. The van der Waals surface area contributed by atoms with E-state index in [4.69, 9.17) is 0 Å². The number of carbonyl (C=O) groups is 1. The zero-order valence-electron chi connectivity index (χ0n) is 9.85. The van der Waals surface area contributed by atoms with Crippen molar-refractivity contribution in [2.24, 2.45) is 0 Å². The average Bonchev–Trinajstić information content (AvgIpc) is 2.14. The predicted octanol–water partition coefficient (Wildman–Crippen LogP) is 0.826. The first-order valence-corrected chi connectivity index (χ1v) is 5.30. The number of nitrogens with one attached hydrogen (secondary N) is 1. The normalized spacial score (nSPS) is 18.7. The minimum absolute atomic E-state index is 0.294. The highest BCUT2D eigenvalue weighted by atomic mass is 19.3. The summed E-state index contributed by atoms with van der Waals surface area (Å²) in [6.07, 6.45) is -3.74. The van der Waals surface area contributed by atoms with Crippen molar-refractivity contribution >= 4 is 5.91 Å². The smallest absolute Gasteiger partial charge is 0.333 e. The minimum atomic E-state index is -3.74. The van der Waals surface area contributed by atoms with Gasteiger partial charge >= 0.3 is 12.0 Å². The van der Waals surface area contributed by atoms with E-state index in [1.54, 1.807) is 0 Å². The summed E-state index contributed by atoms with van der Waals surface area (Å²) in [5.74, 6) is -1.25. The van der Waals surface area contributed by atoms with Crippen molar-refractivity contribution in [2.45, 2.75) is 32.5 Å². The lowest BCUT2D eigenvalue weighted by atomic mass is 10.2. The maximum absolute atomic E-state index is 13.5. The number of ether oxygens (including phenoxy) is 1. The molecule has 6 heteroatoms. The Morgan fingerprint density at radius 2 is 1.75 bits per heavy atom. The van der Waals surface area contributed by atoms with Crippen molar-refractivity contribution in [1.29, 1.82) is 0 Å². The number of piperazine rings is 1. The fourth-order valence-electron chi connectivity index (χ4n) is 1.48. The minimum Gasteiger partial charge on any atom is -0.333 e. The van der Waals surface area contributed by atoms with Gasteiger partial charge in [-0.2, -0.15) is 8.78 Å². The number of carbonyl (C=O) groups excluding carboxylic acids is 1. The number of hydrogen-bond acceptors (Lipinski definition) is 3. The highest BCUT2D eigenvalue weighted by molar-refractivity contribution is 5.82. The summed E-state index contributed by atoms with van der Waals surface area (Å²) in [5.41, 5.74) is -1.05. The van der Waals surface area contributed by atoms with Crippen LogP contribution in [0.4, 0.5) is 8.78 Å². The van der Waals surface area contributed by atoms with E-state index in [1.807, 2.05) is 0 Å². The average molecular weight is 236 g/mol. The number of alkyl halides is 2. The molecule has 1 saturated heterocycles. The highest BCUT2D eigenvalue weighted by Gasteiger charge is 2.46. The van der Waals surface area contributed by atoms with E-state index in [9.17, 15) is 13.6 Å². The van der Waals surface area contributed by atoms with Crippen LogP contribution >= 0.6 is 0 Å². The van der Waals surface area contributed by atoms with Gasteiger partial charge in [-0.25, -0.2) is 0 Å². The van der Waals surface area contributed by atoms with Crippen LogP contribution in [-0.2, 0) is 9.53 Å². The molecule has 1 amide bonds. The molecular formula is C10H18F2N2O2. The first-order chi connectivity index (χ1) is 7.22. The molecule has 0 atom stereocenters. The summed E-state index contributed by atoms with van der Waals surface area (Å²) in [6, 6.07) is 0. The summed E-state index contributed by atoms with van der Waals surface area (Å²) in [7, 11) is 0. The molecule has 0 aromatic carbocycles. The molecule has 16 heavy (non-hydrogen) atoms. The fraction of sp³-hybridized carbons (Fsp3) is 0.900. The second-order valence-electron chi connectivity index (χ2n) is 4.77. The lowest BCUT2D eigenvalue weighted by Crippen LogP contribution is -2.54. The summed E-state index contributed by atoms with van der Waals surface area (Å²) >= 11 is 0. The lowest BCUT2D eigenvalue weighted by Gasteiger charge is -2.32. The van der Waals surface area contributed by atoms with Gasteiger partial charge in [0, 0.05) is 26.2 Å². The molecule has 0 aromatic heterocycles. The lowest BCUT2D eigenvalue weighted by molar-refractivity contribution is -0.274. The molecule has 0 saturated carbocycles. The largest absolute Gasteiger partial charge is 0.437 e. The van der Waals surface area contributed by atoms with Gasteiger partial charge < -0.3 is 15.0 Å². The Hall–Kier alpha value is -0.750. The van der Waals surface area contributed by atoms with E-state index in [0.29, 0.717) is 26.2 Å². The van der Waals surface area contributed by atoms with Crippen LogP contribution < -0.4 is 5.32 Å². The van der Waals surface area contributed by atoms with Crippen molar-refractivity contribution in [1.82, 2.24) is 10.2 Å². The van der Waals surface area contributed by atoms with Crippen LogP contribution in [0.15, 0.2) is 0 Å². The standard InChI is InChI=1S/C10H18F2N2O2/c1-9(2,3)16-10(11,12)8(15)14-6-4-13-5-7-14/h13H,4-7H2,1-3H3. The van der Waals surface area contributed by atoms with Gasteiger partial charge in [0.15, 0.2) is 0 Å². The first kappa shape index (κ1) is 13.3. The molecule has 0 aliphatic carbocycles. The van der Waals surface area contributed by atoms with E-state index < -0.39 is 17.6 Å². The Morgan fingerprint density at radius 1 is 1.25 bits per heavy atom. The molecule has 0 spiro atoms. The van der Waals surface area contributed by atoms with Crippen molar-refractivity contribution in [2.75, 3.05) is 26.2 Å². The van der Waals surface area contributed by atoms with E-state index in [2.05, 4.69) is 10.1 Å². The molecule has 0 unspecified atom stereocenters. The molecule has 4 nitrogen and oxygen atoms in total. The molecular weight excluding hydrogens is 218 g/mol. The molecule has 1 heterocycles. The van der Waals surface area contributed by atoms with E-state index in [1.165, 1.54) is 20.8 Å². The van der Waals surface area contributed by atoms with Gasteiger partial charge in [0.2, 0.25) is 0 Å². The molecule has 1 fully saturated rings. The van der Waals surface area contributed by atoms with Gasteiger partial charge in [0.05, 0.1) is 5.60 Å². The number of halogens is 2. The second kappa shape index (κ2) is 4.63. The van der Waals surface area contributed by atoms with Gasteiger partial charge in [-0.3, -0.25) is 4.79 Å². The predicted molar refractivity (Wildman–Crippen MR) is 55.2 cm³/mol. The van der Waals surface area contributed by atoms with Crippen LogP contribution in [0.5, 0.6) is 0 Å². The number of nitrogens with zero attached hydrogens (tertiary/aromatic N) is 1. The van der Waals surface area contributed by atoms with Crippen LogP contribution in [0.2, 0.25) is 0 Å². The number of amides is 1. The van der Waals surface area contributed by atoms with Crippen molar-refractivity contribution in [3.8, 4) is 0 Å². The zero-order chi connectivity index (χ0) is 12.4. The molecule has 0 aromatic rings. The highest BCUT2D eigenvalue weighted by Crippen LogP contribution is 2.25. The fourth-order valence-corrected chi connectivity index (χ4v) is 1.48. The van der Waals surface area contributed by atoms with E-state index >= 15 is 0 Å². The van der Waals surface area contributed by atoms with Crippen molar-refractivity contribution in [3.63, 3.8) is 0 Å². The second-order valence-corrected chi connectivity index (χ2v) is 4.77. The van der Waals surface area contributed by atoms with Gasteiger partial charge in [0.25, 0.3) is 0 Å². The van der Waals surface area contributed by atoms with Crippen LogP contribution in [0, 0.1) is 0 Å². The molecule has 1 aliphatic heterocycles. The third-order valence-electron chi connectivity index (χ3n) is 2.09. The third-order valence-corrected chi connectivity index (χ3v) is 2.09. The van der Waals surface area contributed by atoms with Crippen LogP contribution in [-0.4, -0.2) is 48.7 Å². The van der Waals surface area contributed by atoms with Crippen molar-refractivity contribution in [3.05, 3.63) is 0 Å². The van der Waals surface area contributed by atoms with Gasteiger partial charge in [-0.05, 0) is 20.8 Å². The third kappa shape index (κ3) is 3.68. The first-order valence-electron chi connectivity index (χ1n) is 5.30. The maximum Gasteiger partial charge on any atom is 0.437 e. The number of rotatable bonds is 2. The van der Waals surface area contributed by atoms with Crippen LogP contribution in [0.1, 0.15) is 20.8 Å². The van der Waals surface area contributed by atoms with Crippen LogP contribution in [0.25, 0.3) is 0 Å². The summed E-state index contributed by atoms with van der Waals surface area (Å²) in [5, 5.41) is 2.99. The maximum atomic E-state index is 13.5. The molecule has 0 radical (unpaired) electrons. The van der Waals surface area contributed by atoms with E-state index in [-0.39, 0.29) is 0 Å². The van der Waals surface area contributed by atoms with Crippen LogP contribution in [0.3, 0.4) is 0 Å². The molecule has 0 bridgehead atoms. The molecule has 1 rings (SSSR count). The SMILES string of the molecule is CC(C)(C)OC(F)(F)C(=O)N1CCNCC1. The summed E-state index contributed by atoms with van der Waals surface area (Å²) in [4.78, 5) is 12.6. The Balaban J connectivity index is 2.63. The number of hydrogen-bond donors (Lipinski definition) is 1. The quantitative estimate of drug-likeness (QED) is 0.772. The summed E-state index contributed by atoms with van der Waals surface area (Å²) in [6.45, 7) is 6.14. The van der Waals surface area contributed by atoms with Gasteiger partial charge in [-0.1, -0.05) is 0 Å². The van der Waals surface area contributed by atoms with Gasteiger partial charge in [0.1, 0.15) is 0 Å². The van der Waals surface area contributed by atoms with E-state index in [0.717, 1.165) is 4.90 Å². The zero-order valence-corrected chi connectivity index (χ0v) is 9.85. The Kier molecular flexibility index (Phi) is 3.85. The topological polar surface area (TPSA) is 41.6 Å². The monoisotopic (exact) mass is 236 g/mol. The Bertz CT molecular complexity index is 258.